The monoisotopic (exact) mass is 476 g/mol. The van der Waals surface area contributed by atoms with Crippen molar-refractivity contribution < 1.29 is 9.47 Å². The second-order valence-electron chi connectivity index (χ2n) is 8.37. The van der Waals surface area contributed by atoms with E-state index in [-0.39, 0.29) is 11.7 Å². The molecule has 34 heavy (non-hydrogen) atoms. The minimum Gasteiger partial charge on any atom is -0.496 e. The minimum atomic E-state index is -0.137. The van der Waals surface area contributed by atoms with E-state index in [9.17, 15) is 4.79 Å². The predicted molar refractivity (Wildman–Crippen MR) is 134 cm³/mol. The van der Waals surface area contributed by atoms with E-state index in [1.54, 1.807) is 11.8 Å². The van der Waals surface area contributed by atoms with Crippen molar-refractivity contribution in [3.8, 4) is 22.7 Å². The van der Waals surface area contributed by atoms with Gasteiger partial charge in [0.2, 0.25) is 0 Å². The molecule has 0 aliphatic carbocycles. The van der Waals surface area contributed by atoms with E-state index in [0.29, 0.717) is 12.2 Å². The smallest absolute Gasteiger partial charge is 0.297 e. The summed E-state index contributed by atoms with van der Waals surface area (Å²) in [5.41, 5.74) is 3.93. The van der Waals surface area contributed by atoms with Crippen LogP contribution in [-0.2, 0) is 18.3 Å². The molecule has 5 rings (SSSR count). The molecule has 1 aliphatic heterocycles. The zero-order chi connectivity index (χ0) is 23.7. The highest BCUT2D eigenvalue weighted by molar-refractivity contribution is 7.07. The molecule has 1 saturated heterocycles. The molecule has 0 N–H and O–H groups in total. The number of hydrogen-bond donors (Lipinski definition) is 0. The van der Waals surface area contributed by atoms with Crippen molar-refractivity contribution in [3.05, 3.63) is 80.8 Å². The van der Waals surface area contributed by atoms with Gasteiger partial charge in [-0.25, -0.2) is 9.67 Å². The molecule has 1 atom stereocenters. The zero-order valence-electron chi connectivity index (χ0n) is 19.6. The van der Waals surface area contributed by atoms with Crippen molar-refractivity contribution in [2.75, 3.05) is 13.7 Å². The van der Waals surface area contributed by atoms with E-state index >= 15 is 0 Å². The van der Waals surface area contributed by atoms with Crippen molar-refractivity contribution in [1.82, 2.24) is 13.9 Å². The van der Waals surface area contributed by atoms with Crippen LogP contribution in [0, 0.1) is 6.92 Å². The van der Waals surface area contributed by atoms with Crippen molar-refractivity contribution >= 4 is 17.0 Å². The Kier molecular flexibility index (Phi) is 6.26. The Morgan fingerprint density at radius 1 is 1.15 bits per heavy atom. The van der Waals surface area contributed by atoms with Gasteiger partial charge in [0.05, 0.1) is 36.8 Å². The van der Waals surface area contributed by atoms with Crippen molar-refractivity contribution in [3.63, 3.8) is 0 Å². The number of ether oxygens (including phenoxy) is 2. The van der Waals surface area contributed by atoms with Crippen molar-refractivity contribution in [2.24, 2.45) is 12.0 Å². The number of rotatable bonds is 6. The van der Waals surface area contributed by atoms with Crippen LogP contribution >= 0.6 is 11.3 Å². The number of hydrogen-bond acceptors (Lipinski definition) is 5. The van der Waals surface area contributed by atoms with E-state index in [4.69, 9.17) is 14.5 Å². The molecule has 1 fully saturated rings. The van der Waals surface area contributed by atoms with Gasteiger partial charge >= 0.3 is 0 Å². The highest BCUT2D eigenvalue weighted by Crippen LogP contribution is 2.31. The van der Waals surface area contributed by atoms with Crippen molar-refractivity contribution in [1.29, 1.82) is 0 Å². The van der Waals surface area contributed by atoms with Crippen LogP contribution < -0.4 is 15.1 Å². The summed E-state index contributed by atoms with van der Waals surface area (Å²) in [5.74, 6) is 0.801. The van der Waals surface area contributed by atoms with Gasteiger partial charge in [-0.05, 0) is 44.0 Å². The molecule has 4 aromatic rings. The second kappa shape index (κ2) is 9.48. The third kappa shape index (κ3) is 4.03. The maximum atomic E-state index is 13.4. The predicted octanol–water partition coefficient (Wildman–Crippen LogP) is 4.43. The summed E-state index contributed by atoms with van der Waals surface area (Å²) in [6.45, 7) is 3.39. The molecular formula is C26H28N4O3S. The summed E-state index contributed by atoms with van der Waals surface area (Å²) in [5, 5.41) is 2.08. The summed E-state index contributed by atoms with van der Waals surface area (Å²) in [6.07, 6.45) is 2.20. The lowest BCUT2D eigenvalue weighted by Gasteiger charge is -2.15. The van der Waals surface area contributed by atoms with E-state index in [0.717, 1.165) is 52.6 Å². The topological polar surface area (TPSA) is 62.7 Å². The van der Waals surface area contributed by atoms with Gasteiger partial charge in [-0.1, -0.05) is 30.3 Å². The molecule has 0 amide bonds. The average molecular weight is 477 g/mol. The molecule has 0 saturated carbocycles. The van der Waals surface area contributed by atoms with Gasteiger partial charge in [0, 0.05) is 24.6 Å². The first kappa shape index (κ1) is 22.4. The molecule has 0 bridgehead atoms. The molecule has 2 aromatic carbocycles. The fourth-order valence-electron chi connectivity index (χ4n) is 4.44. The SMILES string of the molecule is COc1ccccc1-c1csc(=Nc2c(C)n(C)n(-c3ccccc3)c2=O)n1CC1CCCO1. The van der Waals surface area contributed by atoms with Crippen LogP contribution in [0.3, 0.4) is 0 Å². The lowest BCUT2D eigenvalue weighted by molar-refractivity contribution is 0.0968. The molecule has 0 spiro atoms. The Morgan fingerprint density at radius 2 is 1.91 bits per heavy atom. The highest BCUT2D eigenvalue weighted by atomic mass is 32.1. The van der Waals surface area contributed by atoms with E-state index in [1.807, 2.05) is 73.3 Å². The first-order valence-corrected chi connectivity index (χ1v) is 12.3. The summed E-state index contributed by atoms with van der Waals surface area (Å²) >= 11 is 1.52. The summed E-state index contributed by atoms with van der Waals surface area (Å²) in [4.78, 5) is 19.1. The standard InChI is InChI=1S/C26H28N4O3S/c1-18-24(25(31)30(28(18)2)19-10-5-4-6-11-19)27-26-29(16-20-12-9-15-33-20)22(17-34-26)21-13-7-8-14-23(21)32-3/h4-8,10-11,13-14,17,20H,9,12,15-16H2,1-3H3. The van der Waals surface area contributed by atoms with Gasteiger partial charge in [-0.15, -0.1) is 11.3 Å². The Balaban J connectivity index is 1.68. The molecule has 3 heterocycles. The second-order valence-corrected chi connectivity index (χ2v) is 9.21. The molecule has 2 aromatic heterocycles. The first-order chi connectivity index (χ1) is 16.6. The quantitative estimate of drug-likeness (QED) is 0.414. The largest absolute Gasteiger partial charge is 0.496 e. The maximum Gasteiger partial charge on any atom is 0.297 e. The van der Waals surface area contributed by atoms with Crippen LogP contribution in [0.2, 0.25) is 0 Å². The van der Waals surface area contributed by atoms with Crippen LogP contribution in [0.1, 0.15) is 18.5 Å². The third-order valence-corrected chi connectivity index (χ3v) is 7.19. The molecule has 8 heteroatoms. The Bertz CT molecular complexity index is 1420. The number of methoxy groups -OCH3 is 1. The first-order valence-electron chi connectivity index (χ1n) is 11.4. The van der Waals surface area contributed by atoms with Crippen LogP contribution in [0.5, 0.6) is 5.75 Å². The third-order valence-electron chi connectivity index (χ3n) is 6.32. The lowest BCUT2D eigenvalue weighted by atomic mass is 10.1. The Labute approximate surface area is 202 Å². The Hall–Kier alpha value is -3.36. The average Bonchev–Trinajstić information content (AvgIpc) is 3.57. The minimum absolute atomic E-state index is 0.125. The fraction of sp³-hybridized carbons (Fsp3) is 0.308. The molecular weight excluding hydrogens is 448 g/mol. The lowest BCUT2D eigenvalue weighted by Crippen LogP contribution is -2.24. The molecule has 0 radical (unpaired) electrons. The zero-order valence-corrected chi connectivity index (χ0v) is 20.4. The number of para-hydroxylation sites is 2. The van der Waals surface area contributed by atoms with E-state index in [2.05, 4.69) is 9.95 Å². The number of aromatic nitrogens is 3. The van der Waals surface area contributed by atoms with E-state index in [1.165, 1.54) is 11.3 Å². The Morgan fingerprint density at radius 3 is 2.65 bits per heavy atom. The molecule has 176 valence electrons. The van der Waals surface area contributed by atoms with Crippen LogP contribution in [0.15, 0.2) is 69.8 Å². The number of nitrogens with zero attached hydrogens (tertiary/aromatic N) is 4. The number of thiazole rings is 1. The highest BCUT2D eigenvalue weighted by Gasteiger charge is 2.21. The fourth-order valence-corrected chi connectivity index (χ4v) is 5.35. The van der Waals surface area contributed by atoms with Gasteiger partial charge in [0.15, 0.2) is 10.5 Å². The molecule has 1 unspecified atom stereocenters. The van der Waals surface area contributed by atoms with Gasteiger partial charge < -0.3 is 14.0 Å². The summed E-state index contributed by atoms with van der Waals surface area (Å²) < 4.78 is 17.3. The van der Waals surface area contributed by atoms with Gasteiger partial charge in [0.25, 0.3) is 5.56 Å². The van der Waals surface area contributed by atoms with Crippen LogP contribution in [0.4, 0.5) is 5.69 Å². The maximum absolute atomic E-state index is 13.4. The van der Waals surface area contributed by atoms with Crippen LogP contribution in [-0.4, -0.2) is 33.8 Å². The molecule has 1 aliphatic rings. The van der Waals surface area contributed by atoms with Gasteiger partial charge in [0.1, 0.15) is 5.75 Å². The summed E-state index contributed by atoms with van der Waals surface area (Å²) in [7, 11) is 3.57. The van der Waals surface area contributed by atoms with Gasteiger partial charge in [-0.2, -0.15) is 0 Å². The van der Waals surface area contributed by atoms with E-state index < -0.39 is 0 Å². The normalized spacial score (nSPS) is 16.3. The van der Waals surface area contributed by atoms with Crippen molar-refractivity contribution in [2.45, 2.75) is 32.4 Å². The summed E-state index contributed by atoms with van der Waals surface area (Å²) in [6, 6.07) is 17.6. The van der Waals surface area contributed by atoms with Crippen LogP contribution in [0.25, 0.3) is 16.9 Å². The molecule has 7 nitrogen and oxygen atoms in total. The van der Waals surface area contributed by atoms with Gasteiger partial charge in [-0.3, -0.25) is 9.48 Å². The number of benzene rings is 2.